The summed E-state index contributed by atoms with van der Waals surface area (Å²) < 4.78 is 11.2. The van der Waals surface area contributed by atoms with Gasteiger partial charge in [-0.05, 0) is 43.5 Å². The number of benzene rings is 1. The van der Waals surface area contributed by atoms with E-state index in [1.807, 2.05) is 30.0 Å². The van der Waals surface area contributed by atoms with Crippen LogP contribution in [0.5, 0.6) is 5.75 Å². The minimum atomic E-state index is -0.479. The third-order valence-corrected chi connectivity index (χ3v) is 4.72. The molecule has 120 valence electrons. The van der Waals surface area contributed by atoms with Gasteiger partial charge in [0.25, 0.3) is 5.91 Å². The number of aromatic nitrogens is 1. The molecule has 0 spiro atoms. The van der Waals surface area contributed by atoms with Crippen molar-refractivity contribution in [3.05, 3.63) is 46.3 Å². The molecule has 23 heavy (non-hydrogen) atoms. The van der Waals surface area contributed by atoms with Crippen molar-refractivity contribution in [1.82, 2.24) is 10.1 Å². The Balaban J connectivity index is 1.53. The van der Waals surface area contributed by atoms with E-state index in [0.717, 1.165) is 42.2 Å². The third kappa shape index (κ3) is 2.59. The predicted molar refractivity (Wildman–Crippen MR) is 84.5 cm³/mol. The Morgan fingerprint density at radius 2 is 2.26 bits per heavy atom. The van der Waals surface area contributed by atoms with Gasteiger partial charge in [-0.2, -0.15) is 0 Å². The van der Waals surface area contributed by atoms with Gasteiger partial charge in [0.05, 0.1) is 11.7 Å². The summed E-state index contributed by atoms with van der Waals surface area (Å²) in [4.78, 5) is 14.8. The molecule has 0 aliphatic carbocycles. The second kappa shape index (κ2) is 5.57. The lowest BCUT2D eigenvalue weighted by molar-refractivity contribution is -0.139. The molecule has 5 nitrogen and oxygen atoms in total. The summed E-state index contributed by atoms with van der Waals surface area (Å²) in [6.45, 7) is 2.61. The van der Waals surface area contributed by atoms with Crippen molar-refractivity contribution in [3.8, 4) is 5.75 Å². The number of aryl methyl sites for hydroxylation is 1. The van der Waals surface area contributed by atoms with Gasteiger partial charge in [-0.25, -0.2) is 0 Å². The lowest BCUT2D eigenvalue weighted by atomic mass is 10.1. The number of hydrogen-bond donors (Lipinski definition) is 0. The molecule has 0 radical (unpaired) electrons. The van der Waals surface area contributed by atoms with E-state index in [4.69, 9.17) is 20.9 Å². The zero-order valence-corrected chi connectivity index (χ0v) is 13.5. The first-order chi connectivity index (χ1) is 11.1. The molecule has 1 fully saturated rings. The van der Waals surface area contributed by atoms with E-state index in [-0.39, 0.29) is 11.9 Å². The molecule has 2 aliphatic rings. The number of hydrogen-bond acceptors (Lipinski definition) is 4. The van der Waals surface area contributed by atoms with Gasteiger partial charge in [0.1, 0.15) is 5.75 Å². The summed E-state index contributed by atoms with van der Waals surface area (Å²) in [5.41, 5.74) is 1.82. The van der Waals surface area contributed by atoms with E-state index in [2.05, 4.69) is 5.16 Å². The van der Waals surface area contributed by atoms with Crippen molar-refractivity contribution in [2.24, 2.45) is 0 Å². The number of carbonyl (C=O) groups is 1. The Hall–Kier alpha value is -2.01. The minimum Gasteiger partial charge on any atom is -0.480 e. The summed E-state index contributed by atoms with van der Waals surface area (Å²) in [6, 6.07) is 7.33. The minimum absolute atomic E-state index is 0.00822. The van der Waals surface area contributed by atoms with Crippen LogP contribution in [-0.4, -0.2) is 28.6 Å². The molecule has 4 rings (SSSR count). The maximum atomic E-state index is 12.9. The fourth-order valence-corrected chi connectivity index (χ4v) is 3.60. The molecule has 0 bridgehead atoms. The average molecular weight is 333 g/mol. The van der Waals surface area contributed by atoms with Crippen LogP contribution >= 0.6 is 11.6 Å². The number of ether oxygens (including phenoxy) is 1. The molecule has 1 aromatic carbocycles. The van der Waals surface area contributed by atoms with Gasteiger partial charge in [-0.1, -0.05) is 16.8 Å². The first kappa shape index (κ1) is 14.6. The number of nitrogens with zero attached hydrogens (tertiary/aromatic N) is 2. The van der Waals surface area contributed by atoms with Crippen molar-refractivity contribution >= 4 is 17.5 Å². The molecule has 1 aromatic heterocycles. The summed E-state index contributed by atoms with van der Waals surface area (Å²) in [7, 11) is 0. The topological polar surface area (TPSA) is 55.6 Å². The first-order valence-corrected chi connectivity index (χ1v) is 8.18. The highest BCUT2D eigenvalue weighted by molar-refractivity contribution is 6.30. The molecule has 1 amide bonds. The van der Waals surface area contributed by atoms with E-state index in [1.54, 1.807) is 6.07 Å². The van der Waals surface area contributed by atoms with Crippen LogP contribution < -0.4 is 4.74 Å². The van der Waals surface area contributed by atoms with Crippen LogP contribution in [0.4, 0.5) is 0 Å². The van der Waals surface area contributed by atoms with Crippen molar-refractivity contribution < 1.29 is 14.1 Å². The van der Waals surface area contributed by atoms with Crippen LogP contribution in [0.3, 0.4) is 0 Å². The van der Waals surface area contributed by atoms with Crippen molar-refractivity contribution in [3.63, 3.8) is 0 Å². The van der Waals surface area contributed by atoms with Gasteiger partial charge in [-0.15, -0.1) is 0 Å². The first-order valence-electron chi connectivity index (χ1n) is 7.80. The quantitative estimate of drug-likeness (QED) is 0.846. The van der Waals surface area contributed by atoms with Crippen LogP contribution in [0.25, 0.3) is 0 Å². The van der Waals surface area contributed by atoms with E-state index >= 15 is 0 Å². The second-order valence-corrected chi connectivity index (χ2v) is 6.56. The van der Waals surface area contributed by atoms with Crippen LogP contribution in [-0.2, 0) is 11.2 Å². The maximum Gasteiger partial charge on any atom is 0.264 e. The Kier molecular flexibility index (Phi) is 3.53. The summed E-state index contributed by atoms with van der Waals surface area (Å²) in [5, 5.41) is 4.60. The van der Waals surface area contributed by atoms with Crippen molar-refractivity contribution in [1.29, 1.82) is 0 Å². The molecule has 2 atom stereocenters. The monoisotopic (exact) mass is 332 g/mol. The smallest absolute Gasteiger partial charge is 0.264 e. The zero-order valence-electron chi connectivity index (χ0n) is 12.8. The summed E-state index contributed by atoms with van der Waals surface area (Å²) in [5.74, 6) is 1.51. The number of carbonyl (C=O) groups excluding carboxylic acids is 1. The predicted octanol–water partition coefficient (Wildman–Crippen LogP) is 3.30. The van der Waals surface area contributed by atoms with E-state index in [9.17, 15) is 4.79 Å². The Morgan fingerprint density at radius 3 is 3.04 bits per heavy atom. The number of halogens is 1. The number of amides is 1. The molecule has 2 unspecified atom stereocenters. The molecule has 3 heterocycles. The lowest BCUT2D eigenvalue weighted by Crippen LogP contribution is -2.40. The van der Waals surface area contributed by atoms with Gasteiger partial charge >= 0.3 is 0 Å². The maximum absolute atomic E-state index is 12.9. The highest BCUT2D eigenvalue weighted by atomic mass is 35.5. The largest absolute Gasteiger partial charge is 0.480 e. The number of rotatable bonds is 2. The molecule has 2 aromatic rings. The molecule has 0 saturated carbocycles. The zero-order chi connectivity index (χ0) is 16.0. The third-order valence-electron chi connectivity index (χ3n) is 4.48. The molecular weight excluding hydrogens is 316 g/mol. The molecule has 2 aliphatic heterocycles. The fourth-order valence-electron chi connectivity index (χ4n) is 3.41. The Morgan fingerprint density at radius 1 is 1.39 bits per heavy atom. The molecular formula is C17H17ClN2O3. The van der Waals surface area contributed by atoms with E-state index < -0.39 is 6.10 Å². The SMILES string of the molecule is Cc1cc(C2CCCN2C(=O)C2Cc3cc(Cl)ccc3O2)on1. The van der Waals surface area contributed by atoms with Gasteiger partial charge in [0.2, 0.25) is 0 Å². The van der Waals surface area contributed by atoms with Gasteiger partial charge < -0.3 is 14.2 Å². The standard InChI is InChI=1S/C17H17ClN2O3/c1-10-7-15(23-19-10)13-3-2-6-20(13)17(21)16-9-11-8-12(18)4-5-14(11)22-16/h4-5,7-8,13,16H,2-3,6,9H2,1H3. The molecule has 1 saturated heterocycles. The Bertz CT molecular complexity index is 758. The van der Waals surface area contributed by atoms with Gasteiger partial charge in [0.15, 0.2) is 11.9 Å². The number of fused-ring (bicyclic) bond motifs is 1. The fraction of sp³-hybridized carbons (Fsp3) is 0.412. The van der Waals surface area contributed by atoms with Crippen LogP contribution in [0.15, 0.2) is 28.8 Å². The summed E-state index contributed by atoms with van der Waals surface area (Å²) >= 11 is 6.01. The van der Waals surface area contributed by atoms with Crippen molar-refractivity contribution in [2.45, 2.75) is 38.3 Å². The highest BCUT2D eigenvalue weighted by Crippen LogP contribution is 2.36. The van der Waals surface area contributed by atoms with Crippen LogP contribution in [0.2, 0.25) is 5.02 Å². The lowest BCUT2D eigenvalue weighted by Gasteiger charge is -2.25. The normalized spacial score (nSPS) is 23.0. The second-order valence-electron chi connectivity index (χ2n) is 6.12. The Labute approximate surface area is 139 Å². The van der Waals surface area contributed by atoms with Crippen LogP contribution in [0, 0.1) is 6.92 Å². The molecule has 0 N–H and O–H groups in total. The van der Waals surface area contributed by atoms with Crippen LogP contribution in [0.1, 0.15) is 35.9 Å². The summed E-state index contributed by atoms with van der Waals surface area (Å²) in [6.07, 6.45) is 1.94. The van der Waals surface area contributed by atoms with E-state index in [1.165, 1.54) is 0 Å². The highest BCUT2D eigenvalue weighted by Gasteiger charge is 2.39. The van der Waals surface area contributed by atoms with Gasteiger partial charge in [0, 0.05) is 24.1 Å². The van der Waals surface area contributed by atoms with E-state index in [0.29, 0.717) is 11.4 Å². The van der Waals surface area contributed by atoms with Crippen molar-refractivity contribution in [2.75, 3.05) is 6.54 Å². The number of likely N-dealkylation sites (tertiary alicyclic amines) is 1. The molecule has 6 heteroatoms. The van der Waals surface area contributed by atoms with Gasteiger partial charge in [-0.3, -0.25) is 4.79 Å². The average Bonchev–Trinajstić information content (AvgIpc) is 3.23.